The zero-order valence-corrected chi connectivity index (χ0v) is 16.0. The van der Waals surface area contributed by atoms with Crippen molar-refractivity contribution in [2.45, 2.75) is 19.9 Å². The second-order valence-corrected chi connectivity index (χ2v) is 7.62. The summed E-state index contributed by atoms with van der Waals surface area (Å²) in [7, 11) is -3.60. The summed E-state index contributed by atoms with van der Waals surface area (Å²) in [5.41, 5.74) is 0.689. The molecule has 1 N–H and O–H groups in total. The minimum atomic E-state index is -3.60. The van der Waals surface area contributed by atoms with E-state index in [0.29, 0.717) is 17.0 Å². The van der Waals surface area contributed by atoms with Crippen LogP contribution in [0.1, 0.15) is 29.5 Å². The maximum atomic E-state index is 12.1. The Balaban J connectivity index is 2.00. The smallest absolute Gasteiger partial charge is 0.338 e. The molecule has 0 radical (unpaired) electrons. The maximum absolute atomic E-state index is 12.1. The molecule has 8 nitrogen and oxygen atoms in total. The van der Waals surface area contributed by atoms with Gasteiger partial charge in [0.25, 0.3) is 0 Å². The van der Waals surface area contributed by atoms with Gasteiger partial charge in [0.1, 0.15) is 5.76 Å². The van der Waals surface area contributed by atoms with Crippen LogP contribution in [0.4, 0.5) is 5.69 Å². The fourth-order valence-electron chi connectivity index (χ4n) is 2.35. The van der Waals surface area contributed by atoms with Crippen LogP contribution < -0.4 is 9.62 Å². The average Bonchev–Trinajstić information content (AvgIpc) is 3.13. The Bertz CT molecular complexity index is 860. The van der Waals surface area contributed by atoms with Crippen molar-refractivity contribution in [1.82, 2.24) is 5.32 Å². The summed E-state index contributed by atoms with van der Waals surface area (Å²) < 4.78 is 35.3. The van der Waals surface area contributed by atoms with Crippen LogP contribution in [0, 0.1) is 0 Å². The first-order valence-corrected chi connectivity index (χ1v) is 10.2. The van der Waals surface area contributed by atoms with E-state index in [2.05, 4.69) is 5.32 Å². The number of esters is 1. The van der Waals surface area contributed by atoms with E-state index >= 15 is 0 Å². The number of benzene rings is 1. The van der Waals surface area contributed by atoms with Gasteiger partial charge in [0, 0.05) is 13.0 Å². The number of rotatable bonds is 9. The Hall–Kier alpha value is -2.81. The van der Waals surface area contributed by atoms with Crippen LogP contribution >= 0.6 is 0 Å². The molecule has 0 saturated heterocycles. The van der Waals surface area contributed by atoms with Crippen LogP contribution in [0.3, 0.4) is 0 Å². The largest absolute Gasteiger partial charge is 0.467 e. The lowest BCUT2D eigenvalue weighted by Gasteiger charge is -2.22. The average molecular weight is 394 g/mol. The first-order chi connectivity index (χ1) is 12.8. The van der Waals surface area contributed by atoms with Gasteiger partial charge in [0.15, 0.2) is 0 Å². The lowest BCUT2D eigenvalue weighted by Crippen LogP contribution is -2.34. The summed E-state index contributed by atoms with van der Waals surface area (Å²) in [5, 5.41) is 2.67. The van der Waals surface area contributed by atoms with Crippen molar-refractivity contribution in [3.05, 3.63) is 54.0 Å². The molecule has 1 aromatic heterocycles. The zero-order chi connectivity index (χ0) is 19.9. The molecule has 1 aromatic carbocycles. The predicted molar refractivity (Wildman–Crippen MR) is 99.8 cm³/mol. The lowest BCUT2D eigenvalue weighted by atomic mass is 10.2. The molecule has 0 spiro atoms. The third-order valence-electron chi connectivity index (χ3n) is 3.65. The van der Waals surface area contributed by atoms with Crippen LogP contribution in [0.5, 0.6) is 0 Å². The number of sulfonamides is 1. The number of furan rings is 1. The topological polar surface area (TPSA) is 106 Å². The monoisotopic (exact) mass is 394 g/mol. The van der Waals surface area contributed by atoms with Crippen LogP contribution in [-0.4, -0.2) is 39.7 Å². The maximum Gasteiger partial charge on any atom is 0.338 e. The summed E-state index contributed by atoms with van der Waals surface area (Å²) in [6.45, 7) is 2.16. The standard InChI is InChI=1S/C18H22N2O6S/c1-3-25-18(22)14-6-8-15(9-7-14)20(27(2,23)24)11-10-17(21)19-13-16-5-4-12-26-16/h4-9,12H,3,10-11,13H2,1-2H3,(H,19,21). The number of nitrogens with one attached hydrogen (secondary N) is 1. The van der Waals surface area contributed by atoms with Gasteiger partial charge >= 0.3 is 5.97 Å². The quantitative estimate of drug-likeness (QED) is 0.652. The van der Waals surface area contributed by atoms with Crippen molar-refractivity contribution in [2.75, 3.05) is 23.7 Å². The first kappa shape index (κ1) is 20.5. The van der Waals surface area contributed by atoms with E-state index in [1.54, 1.807) is 19.1 Å². The molecule has 0 atom stereocenters. The number of amides is 1. The number of ether oxygens (including phenoxy) is 1. The van der Waals surface area contributed by atoms with Crippen LogP contribution in [0.25, 0.3) is 0 Å². The number of hydrogen-bond acceptors (Lipinski definition) is 6. The zero-order valence-electron chi connectivity index (χ0n) is 15.2. The van der Waals surface area contributed by atoms with E-state index in [1.165, 1.54) is 30.5 Å². The molecule has 0 fully saturated rings. The number of carbonyl (C=O) groups is 2. The van der Waals surface area contributed by atoms with Gasteiger partial charge in [-0.3, -0.25) is 9.10 Å². The molecular formula is C18H22N2O6S. The molecule has 1 heterocycles. The molecule has 0 aliphatic rings. The highest BCUT2D eigenvalue weighted by molar-refractivity contribution is 7.92. The fraction of sp³-hybridized carbons (Fsp3) is 0.333. The molecule has 2 rings (SSSR count). The van der Waals surface area contributed by atoms with E-state index in [0.717, 1.165) is 10.6 Å². The van der Waals surface area contributed by atoms with E-state index in [-0.39, 0.29) is 32.0 Å². The molecular weight excluding hydrogens is 372 g/mol. The SMILES string of the molecule is CCOC(=O)c1ccc(N(CCC(=O)NCc2ccco2)S(C)(=O)=O)cc1. The Morgan fingerprint density at radius 3 is 2.44 bits per heavy atom. The van der Waals surface area contributed by atoms with Crippen LogP contribution in [0.15, 0.2) is 47.1 Å². The Kier molecular flexibility index (Phi) is 7.00. The van der Waals surface area contributed by atoms with Crippen molar-refractivity contribution < 1.29 is 27.2 Å². The number of hydrogen-bond donors (Lipinski definition) is 1. The molecule has 27 heavy (non-hydrogen) atoms. The number of nitrogens with zero attached hydrogens (tertiary/aromatic N) is 1. The van der Waals surface area contributed by atoms with E-state index < -0.39 is 16.0 Å². The summed E-state index contributed by atoms with van der Waals surface area (Å²) in [6.07, 6.45) is 2.55. The van der Waals surface area contributed by atoms with Crippen molar-refractivity contribution in [3.63, 3.8) is 0 Å². The van der Waals surface area contributed by atoms with Gasteiger partial charge in [0.05, 0.1) is 36.9 Å². The molecule has 0 aliphatic heterocycles. The second kappa shape index (κ2) is 9.22. The molecule has 0 saturated carbocycles. The first-order valence-electron chi connectivity index (χ1n) is 8.35. The van der Waals surface area contributed by atoms with Gasteiger partial charge < -0.3 is 14.5 Å². The summed E-state index contributed by atoms with van der Waals surface area (Å²) in [4.78, 5) is 23.7. The number of anilines is 1. The minimum Gasteiger partial charge on any atom is -0.467 e. The number of carbonyl (C=O) groups excluding carboxylic acids is 2. The predicted octanol–water partition coefficient (Wildman–Crippen LogP) is 1.93. The third-order valence-corrected chi connectivity index (χ3v) is 4.84. The van der Waals surface area contributed by atoms with Gasteiger partial charge in [-0.2, -0.15) is 0 Å². The van der Waals surface area contributed by atoms with Crippen LogP contribution in [-0.2, 0) is 26.1 Å². The minimum absolute atomic E-state index is 0.0204. The van der Waals surface area contributed by atoms with E-state index in [1.807, 2.05) is 0 Å². The van der Waals surface area contributed by atoms with Crippen molar-refractivity contribution >= 4 is 27.6 Å². The molecule has 146 valence electrons. The lowest BCUT2D eigenvalue weighted by molar-refractivity contribution is -0.121. The van der Waals surface area contributed by atoms with E-state index in [9.17, 15) is 18.0 Å². The van der Waals surface area contributed by atoms with Gasteiger partial charge in [-0.1, -0.05) is 0 Å². The molecule has 0 unspecified atom stereocenters. The Morgan fingerprint density at radius 2 is 1.89 bits per heavy atom. The summed E-state index contributed by atoms with van der Waals surface area (Å²) in [5.74, 6) is -0.173. The second-order valence-electron chi connectivity index (χ2n) is 5.71. The molecule has 1 amide bonds. The Morgan fingerprint density at radius 1 is 1.19 bits per heavy atom. The van der Waals surface area contributed by atoms with Crippen molar-refractivity contribution in [1.29, 1.82) is 0 Å². The van der Waals surface area contributed by atoms with Crippen LogP contribution in [0.2, 0.25) is 0 Å². The Labute approximate surface area is 158 Å². The highest BCUT2D eigenvalue weighted by Crippen LogP contribution is 2.19. The van der Waals surface area contributed by atoms with Crippen molar-refractivity contribution in [3.8, 4) is 0 Å². The molecule has 0 aliphatic carbocycles. The summed E-state index contributed by atoms with van der Waals surface area (Å²) >= 11 is 0. The van der Waals surface area contributed by atoms with Gasteiger partial charge in [0.2, 0.25) is 15.9 Å². The molecule has 2 aromatic rings. The normalized spacial score (nSPS) is 11.0. The van der Waals surface area contributed by atoms with Gasteiger partial charge in [-0.25, -0.2) is 13.2 Å². The van der Waals surface area contributed by atoms with E-state index in [4.69, 9.17) is 9.15 Å². The molecule has 9 heteroatoms. The van der Waals surface area contributed by atoms with Crippen molar-refractivity contribution in [2.24, 2.45) is 0 Å². The molecule has 0 bridgehead atoms. The summed E-state index contributed by atoms with van der Waals surface area (Å²) in [6, 6.07) is 9.44. The van der Waals surface area contributed by atoms with Gasteiger partial charge in [-0.05, 0) is 43.3 Å². The third kappa shape index (κ3) is 6.14. The van der Waals surface area contributed by atoms with Gasteiger partial charge in [-0.15, -0.1) is 0 Å². The highest BCUT2D eigenvalue weighted by atomic mass is 32.2. The fourth-order valence-corrected chi connectivity index (χ4v) is 3.28. The highest BCUT2D eigenvalue weighted by Gasteiger charge is 2.19.